The van der Waals surface area contributed by atoms with Gasteiger partial charge in [-0.3, -0.25) is 10.3 Å². The molecule has 1 unspecified atom stereocenters. The number of fused-ring (bicyclic) bond motifs is 2. The Morgan fingerprint density at radius 2 is 2.00 bits per heavy atom. The first-order valence-corrected chi connectivity index (χ1v) is 14.7. The van der Waals surface area contributed by atoms with Gasteiger partial charge in [0.2, 0.25) is 5.95 Å². The summed E-state index contributed by atoms with van der Waals surface area (Å²) in [5, 5.41) is 3.02. The molecule has 4 fully saturated rings. The zero-order valence-corrected chi connectivity index (χ0v) is 23.2. The number of hydrogen-bond acceptors (Lipinski definition) is 8. The van der Waals surface area contributed by atoms with Crippen LogP contribution in [0.4, 0.5) is 15.1 Å². The molecule has 2 aliphatic carbocycles. The zero-order chi connectivity index (χ0) is 27.4. The number of nitrogens with one attached hydrogen (secondary N) is 2. The van der Waals surface area contributed by atoms with Crippen LogP contribution < -0.4 is 15.7 Å². The number of pyridine rings is 2. The molecule has 4 aliphatic rings. The highest BCUT2D eigenvalue weighted by atomic mass is 35.5. The fourth-order valence-corrected chi connectivity index (χ4v) is 7.04. The number of anilines is 1. The molecule has 40 heavy (non-hydrogen) atoms. The lowest BCUT2D eigenvalue weighted by Gasteiger charge is -2.39. The van der Waals surface area contributed by atoms with Gasteiger partial charge in [-0.05, 0) is 50.0 Å². The van der Waals surface area contributed by atoms with Crippen LogP contribution in [-0.4, -0.2) is 50.9 Å². The predicted octanol–water partition coefficient (Wildman–Crippen LogP) is 5.11. The first-order valence-electron chi connectivity index (χ1n) is 14.3. The number of carbonyl (C=O) groups excluding carboxylic acids is 1. The summed E-state index contributed by atoms with van der Waals surface area (Å²) >= 11 is 6.36. The van der Waals surface area contributed by atoms with Gasteiger partial charge < -0.3 is 19.0 Å². The van der Waals surface area contributed by atoms with Gasteiger partial charge >= 0.3 is 6.09 Å². The molecule has 2 saturated heterocycles. The highest BCUT2D eigenvalue weighted by molar-refractivity contribution is 6.30. The molecule has 5 heterocycles. The van der Waals surface area contributed by atoms with E-state index in [0.29, 0.717) is 40.9 Å². The molecular weight excluding hydrogens is 537 g/mol. The predicted molar refractivity (Wildman–Crippen MR) is 147 cm³/mol. The lowest BCUT2D eigenvalue weighted by atomic mass is 9.83. The van der Waals surface area contributed by atoms with Crippen molar-refractivity contribution in [2.24, 2.45) is 11.8 Å². The monoisotopic (exact) mass is 569 g/mol. The Balaban J connectivity index is 1.44. The fraction of sp³-hybridized carbons (Fsp3) is 0.571. The maximum absolute atomic E-state index is 16.4. The molecule has 0 aromatic carbocycles. The fourth-order valence-electron chi connectivity index (χ4n) is 6.86. The van der Waals surface area contributed by atoms with Crippen LogP contribution in [0.5, 0.6) is 0 Å². The summed E-state index contributed by atoms with van der Waals surface area (Å²) in [5.74, 6) is 1.33. The average Bonchev–Trinajstić information content (AvgIpc) is 3.69. The normalized spacial score (nSPS) is 28.5. The van der Waals surface area contributed by atoms with Gasteiger partial charge in [0.25, 0.3) is 0 Å². The molecule has 0 spiro atoms. The topological polar surface area (TPSA) is 106 Å². The van der Waals surface area contributed by atoms with Crippen LogP contribution in [-0.2, 0) is 16.1 Å². The van der Waals surface area contributed by atoms with E-state index in [2.05, 4.69) is 32.2 Å². The lowest BCUT2D eigenvalue weighted by molar-refractivity contribution is 0.0247. The Morgan fingerprint density at radius 1 is 1.15 bits per heavy atom. The lowest BCUT2D eigenvalue weighted by Crippen LogP contribution is -2.49. The molecule has 3 aromatic rings. The Bertz CT molecular complexity index is 1440. The molecule has 212 valence electrons. The van der Waals surface area contributed by atoms with Gasteiger partial charge in [-0.15, -0.1) is 5.48 Å². The summed E-state index contributed by atoms with van der Waals surface area (Å²) in [6.07, 6.45) is 9.46. The minimum Gasteiger partial charge on any atom is -0.374 e. The van der Waals surface area contributed by atoms with Crippen molar-refractivity contribution >= 4 is 34.7 Å². The third kappa shape index (κ3) is 4.57. The molecule has 10 nitrogen and oxygen atoms in total. The second kappa shape index (κ2) is 10.4. The molecule has 2 saturated carbocycles. The minimum absolute atomic E-state index is 0.00302. The molecule has 0 bridgehead atoms. The SMILES string of the molecule is CC1CCC(Cn2c(N3CCO[C@@H]4CCC[C@H]43)nc3c(F)c(C4NOC(=O)N4)nc(-c4cncc(Cl)c4)c32)CC1. The largest absolute Gasteiger partial charge is 0.427 e. The van der Waals surface area contributed by atoms with Gasteiger partial charge in [-0.1, -0.05) is 31.4 Å². The second-order valence-electron chi connectivity index (χ2n) is 11.6. The number of morpholine rings is 1. The number of carbonyl (C=O) groups is 1. The third-order valence-electron chi connectivity index (χ3n) is 8.94. The average molecular weight is 570 g/mol. The maximum atomic E-state index is 16.4. The molecule has 2 N–H and O–H groups in total. The number of hydrogen-bond donors (Lipinski definition) is 2. The molecule has 2 aliphatic heterocycles. The Hall–Kier alpha value is -3.02. The van der Waals surface area contributed by atoms with Gasteiger partial charge in [0.15, 0.2) is 12.0 Å². The van der Waals surface area contributed by atoms with Crippen LogP contribution in [0.2, 0.25) is 5.02 Å². The Kier molecular flexibility index (Phi) is 6.76. The Morgan fingerprint density at radius 3 is 2.77 bits per heavy atom. The van der Waals surface area contributed by atoms with Gasteiger partial charge in [0.1, 0.15) is 11.2 Å². The van der Waals surface area contributed by atoms with E-state index in [4.69, 9.17) is 31.1 Å². The van der Waals surface area contributed by atoms with E-state index in [9.17, 15) is 4.79 Å². The number of amides is 1. The van der Waals surface area contributed by atoms with Gasteiger partial charge in [0, 0.05) is 31.0 Å². The zero-order valence-electron chi connectivity index (χ0n) is 22.4. The highest BCUT2D eigenvalue weighted by Crippen LogP contribution is 2.40. The number of nitrogens with zero attached hydrogens (tertiary/aromatic N) is 5. The molecular formula is C28H33ClFN7O3. The quantitative estimate of drug-likeness (QED) is 0.436. The first-order chi connectivity index (χ1) is 19.5. The second-order valence-corrected chi connectivity index (χ2v) is 12.0. The third-order valence-corrected chi connectivity index (χ3v) is 9.14. The van der Waals surface area contributed by atoms with E-state index in [0.717, 1.165) is 50.5 Å². The van der Waals surface area contributed by atoms with E-state index >= 15 is 4.39 Å². The van der Waals surface area contributed by atoms with E-state index < -0.39 is 18.1 Å². The van der Waals surface area contributed by atoms with Gasteiger partial charge in [-0.2, -0.15) is 0 Å². The summed E-state index contributed by atoms with van der Waals surface area (Å²) in [5.41, 5.74) is 4.53. The smallest absolute Gasteiger partial charge is 0.374 e. The van der Waals surface area contributed by atoms with Crippen LogP contribution in [0.15, 0.2) is 18.5 Å². The van der Waals surface area contributed by atoms with Crippen LogP contribution in [0, 0.1) is 17.7 Å². The number of imidazole rings is 1. The van der Waals surface area contributed by atoms with Crippen molar-refractivity contribution in [3.8, 4) is 11.3 Å². The first kappa shape index (κ1) is 25.9. The maximum Gasteiger partial charge on any atom is 0.427 e. The number of halogens is 2. The molecule has 7 rings (SSSR count). The van der Waals surface area contributed by atoms with Gasteiger partial charge in [0.05, 0.1) is 35.0 Å². The van der Waals surface area contributed by atoms with Crippen LogP contribution in [0.1, 0.15) is 63.7 Å². The molecule has 1 amide bonds. The summed E-state index contributed by atoms with van der Waals surface area (Å²) in [6.45, 7) is 4.33. The summed E-state index contributed by atoms with van der Waals surface area (Å²) < 4.78 is 24.7. The Labute approximate surface area is 236 Å². The van der Waals surface area contributed by atoms with Gasteiger partial charge in [-0.25, -0.2) is 19.2 Å². The number of ether oxygens (including phenoxy) is 1. The van der Waals surface area contributed by atoms with E-state index in [1.807, 2.05) is 0 Å². The molecule has 0 radical (unpaired) electrons. The summed E-state index contributed by atoms with van der Waals surface area (Å²) in [6, 6.07) is 1.97. The van der Waals surface area contributed by atoms with Crippen LogP contribution in [0.3, 0.4) is 0 Å². The molecule has 3 atom stereocenters. The van der Waals surface area contributed by atoms with Crippen molar-refractivity contribution in [2.75, 3.05) is 18.1 Å². The minimum atomic E-state index is -0.959. The highest BCUT2D eigenvalue weighted by Gasteiger charge is 2.40. The van der Waals surface area contributed by atoms with E-state index in [1.54, 1.807) is 18.5 Å². The van der Waals surface area contributed by atoms with E-state index in [1.165, 1.54) is 12.8 Å². The van der Waals surface area contributed by atoms with Crippen molar-refractivity contribution in [3.63, 3.8) is 0 Å². The van der Waals surface area contributed by atoms with Crippen LogP contribution >= 0.6 is 11.6 Å². The molecule has 12 heteroatoms. The number of hydroxylamine groups is 1. The van der Waals surface area contributed by atoms with Crippen molar-refractivity contribution in [3.05, 3.63) is 35.0 Å². The van der Waals surface area contributed by atoms with Crippen LogP contribution in [0.25, 0.3) is 22.3 Å². The molecule has 3 aromatic heterocycles. The van der Waals surface area contributed by atoms with E-state index in [-0.39, 0.29) is 23.4 Å². The van der Waals surface area contributed by atoms with Crippen molar-refractivity contribution in [1.82, 2.24) is 30.3 Å². The van der Waals surface area contributed by atoms with Crippen molar-refractivity contribution in [2.45, 2.75) is 76.7 Å². The van der Waals surface area contributed by atoms with Crippen molar-refractivity contribution in [1.29, 1.82) is 0 Å². The standard InChI is InChI=1S/C28H33ClFN7O3/c1-15-5-7-16(8-6-15)14-37-25-22(17-11-18(29)13-31-12-17)32-24(26-34-28(38)40-35-26)21(30)23(25)33-27(37)36-9-10-39-20-4-2-3-19(20)36/h11-13,15-16,19-20,26,35H,2-10,14H2,1H3,(H,34,38)/t15?,16?,19-,20-,26?/m1/s1. The number of aromatic nitrogens is 4. The summed E-state index contributed by atoms with van der Waals surface area (Å²) in [4.78, 5) is 33.1. The summed E-state index contributed by atoms with van der Waals surface area (Å²) in [7, 11) is 0. The number of rotatable bonds is 5. The van der Waals surface area contributed by atoms with Crippen molar-refractivity contribution < 1.29 is 18.8 Å².